The van der Waals surface area contributed by atoms with E-state index in [4.69, 9.17) is 9.47 Å². The predicted molar refractivity (Wildman–Crippen MR) is 94.1 cm³/mol. The summed E-state index contributed by atoms with van der Waals surface area (Å²) < 4.78 is 51.8. The van der Waals surface area contributed by atoms with E-state index in [-0.39, 0.29) is 39.0 Å². The highest BCUT2D eigenvalue weighted by atomic mass is 32.2. The first kappa shape index (κ1) is 17.7. The van der Waals surface area contributed by atoms with Gasteiger partial charge in [-0.1, -0.05) is 0 Å². The number of rotatable bonds is 4. The second kappa shape index (κ2) is 6.19. The van der Waals surface area contributed by atoms with Gasteiger partial charge in [-0.05, 0) is 37.1 Å². The number of carbonyl (C=O) groups is 1. The molecule has 1 aliphatic heterocycles. The van der Waals surface area contributed by atoms with Crippen LogP contribution in [0.5, 0.6) is 11.6 Å². The molecule has 2 aromatic rings. The number of nitrogens with one attached hydrogen (secondary N) is 1. The molecule has 1 saturated carbocycles. The summed E-state index contributed by atoms with van der Waals surface area (Å²) in [4.78, 5) is 16.3. The van der Waals surface area contributed by atoms with Crippen LogP contribution in [0.25, 0.3) is 0 Å². The molecule has 4 rings (SSSR count). The molecule has 142 valence electrons. The van der Waals surface area contributed by atoms with Crippen LogP contribution in [0.4, 0.5) is 10.1 Å². The first-order valence-corrected chi connectivity index (χ1v) is 9.83. The van der Waals surface area contributed by atoms with Gasteiger partial charge in [0.05, 0.1) is 31.2 Å². The summed E-state index contributed by atoms with van der Waals surface area (Å²) in [5, 5.41) is 0. The Morgan fingerprint density at radius 3 is 2.78 bits per heavy atom. The van der Waals surface area contributed by atoms with Gasteiger partial charge in [-0.2, -0.15) is 0 Å². The van der Waals surface area contributed by atoms with Crippen molar-refractivity contribution in [1.82, 2.24) is 4.98 Å². The van der Waals surface area contributed by atoms with Crippen LogP contribution < -0.4 is 14.2 Å². The van der Waals surface area contributed by atoms with Crippen LogP contribution in [0.2, 0.25) is 0 Å². The molecule has 1 aromatic heterocycles. The molecule has 2 aliphatic rings. The fraction of sp³-hybridized carbons (Fsp3) is 0.333. The molecule has 0 amide bonds. The smallest absolute Gasteiger partial charge is 0.265 e. The highest BCUT2D eigenvalue weighted by molar-refractivity contribution is 7.92. The Hall–Kier alpha value is -2.68. The molecule has 1 aliphatic carbocycles. The summed E-state index contributed by atoms with van der Waals surface area (Å²) in [6.45, 7) is 0.435. The molecule has 2 heterocycles. The number of carbonyl (C=O) groups excluding carboxylic acids is 1. The molecule has 27 heavy (non-hydrogen) atoms. The number of pyridine rings is 1. The van der Waals surface area contributed by atoms with Gasteiger partial charge in [0.25, 0.3) is 10.0 Å². The van der Waals surface area contributed by atoms with Crippen LogP contribution in [0.1, 0.15) is 29.6 Å². The van der Waals surface area contributed by atoms with Crippen LogP contribution in [0, 0.1) is 11.2 Å². The van der Waals surface area contributed by atoms with Crippen molar-refractivity contribution in [2.45, 2.75) is 24.2 Å². The Balaban J connectivity index is 1.66. The van der Waals surface area contributed by atoms with Crippen molar-refractivity contribution >= 4 is 21.5 Å². The number of aromatic nitrogens is 1. The monoisotopic (exact) mass is 392 g/mol. The maximum atomic E-state index is 13.5. The minimum atomic E-state index is -4.15. The molecule has 1 N–H and O–H groups in total. The Labute approximate surface area is 155 Å². The van der Waals surface area contributed by atoms with Gasteiger partial charge in [-0.3, -0.25) is 9.52 Å². The van der Waals surface area contributed by atoms with E-state index in [1.807, 2.05) is 0 Å². The van der Waals surface area contributed by atoms with E-state index in [1.54, 1.807) is 0 Å². The van der Waals surface area contributed by atoms with Crippen molar-refractivity contribution in [2.24, 2.45) is 5.41 Å². The number of fused-ring (bicyclic) bond motifs is 1. The number of hydrogen-bond donors (Lipinski definition) is 1. The third-order valence-corrected chi connectivity index (χ3v) is 6.23. The number of ketones is 1. The Kier molecular flexibility index (Phi) is 4.06. The Bertz CT molecular complexity index is 1030. The largest absolute Gasteiger partial charge is 0.495 e. The Morgan fingerprint density at radius 1 is 1.30 bits per heavy atom. The third kappa shape index (κ3) is 3.34. The van der Waals surface area contributed by atoms with Crippen LogP contribution in [-0.4, -0.2) is 32.9 Å². The van der Waals surface area contributed by atoms with Crippen molar-refractivity contribution in [1.29, 1.82) is 0 Å². The van der Waals surface area contributed by atoms with Gasteiger partial charge in [0.15, 0.2) is 5.78 Å². The number of Topliss-reactive ketones (excluding diaryl/α,β-unsaturated/α-hetero) is 1. The molecular formula is C18H17FN2O5S. The summed E-state index contributed by atoms with van der Waals surface area (Å²) in [6, 6.07) is 4.59. The lowest BCUT2D eigenvalue weighted by Crippen LogP contribution is -2.15. The third-order valence-electron chi connectivity index (χ3n) is 4.83. The lowest BCUT2D eigenvalue weighted by Gasteiger charge is -2.13. The van der Waals surface area contributed by atoms with Crippen molar-refractivity contribution in [2.75, 3.05) is 18.4 Å². The fourth-order valence-corrected chi connectivity index (χ4v) is 4.32. The topological polar surface area (TPSA) is 94.6 Å². The highest BCUT2D eigenvalue weighted by Crippen LogP contribution is 2.51. The van der Waals surface area contributed by atoms with E-state index in [1.165, 1.54) is 25.4 Å². The van der Waals surface area contributed by atoms with E-state index in [0.717, 1.165) is 25.0 Å². The van der Waals surface area contributed by atoms with E-state index in [0.29, 0.717) is 13.0 Å². The number of anilines is 1. The number of nitrogens with zero attached hydrogens (tertiary/aromatic N) is 1. The zero-order chi connectivity index (χ0) is 19.2. The minimum Gasteiger partial charge on any atom is -0.495 e. The van der Waals surface area contributed by atoms with Gasteiger partial charge >= 0.3 is 0 Å². The maximum Gasteiger partial charge on any atom is 0.265 e. The molecule has 7 nitrogen and oxygen atoms in total. The van der Waals surface area contributed by atoms with Gasteiger partial charge in [0.1, 0.15) is 16.5 Å². The Morgan fingerprint density at radius 2 is 2.07 bits per heavy atom. The molecule has 1 fully saturated rings. The van der Waals surface area contributed by atoms with Crippen molar-refractivity contribution in [3.05, 3.63) is 41.8 Å². The normalized spacial score (nSPS) is 17.6. The number of benzene rings is 1. The standard InChI is InChI=1S/C18H17FN2O5S/c1-25-15-3-2-11(19)6-16(15)27(23,24)21-12-7-13-14(22)8-18(4-5-18)10-26-17(13)20-9-12/h2-3,6-7,9,21H,4-5,8,10H2,1H3. The van der Waals surface area contributed by atoms with Gasteiger partial charge in [-0.15, -0.1) is 0 Å². The number of ether oxygens (including phenoxy) is 2. The summed E-state index contributed by atoms with van der Waals surface area (Å²) in [7, 11) is -2.86. The maximum absolute atomic E-state index is 13.5. The summed E-state index contributed by atoms with van der Waals surface area (Å²) in [5.74, 6) is -0.636. The van der Waals surface area contributed by atoms with Gasteiger partial charge in [0, 0.05) is 11.8 Å². The second-order valence-corrected chi connectivity index (χ2v) is 8.52. The van der Waals surface area contributed by atoms with Crippen molar-refractivity contribution < 1.29 is 27.1 Å². The first-order chi connectivity index (χ1) is 12.8. The lowest BCUT2D eigenvalue weighted by atomic mass is 9.98. The second-order valence-electron chi connectivity index (χ2n) is 6.87. The van der Waals surface area contributed by atoms with Crippen molar-refractivity contribution in [3.8, 4) is 11.6 Å². The van der Waals surface area contributed by atoms with Crippen LogP contribution >= 0.6 is 0 Å². The van der Waals surface area contributed by atoms with E-state index < -0.39 is 15.8 Å². The lowest BCUT2D eigenvalue weighted by molar-refractivity contribution is 0.0954. The quantitative estimate of drug-likeness (QED) is 0.860. The number of hydrogen-bond acceptors (Lipinski definition) is 6. The highest BCUT2D eigenvalue weighted by Gasteiger charge is 2.47. The van der Waals surface area contributed by atoms with E-state index >= 15 is 0 Å². The van der Waals surface area contributed by atoms with E-state index in [2.05, 4.69) is 9.71 Å². The molecule has 0 saturated heterocycles. The van der Waals surface area contributed by atoms with Gasteiger partial charge in [-0.25, -0.2) is 17.8 Å². The molecule has 0 radical (unpaired) electrons. The molecular weight excluding hydrogens is 375 g/mol. The molecule has 0 atom stereocenters. The molecule has 1 spiro atoms. The van der Waals surface area contributed by atoms with Crippen molar-refractivity contribution in [3.63, 3.8) is 0 Å². The summed E-state index contributed by atoms with van der Waals surface area (Å²) in [5.41, 5.74) is 0.223. The van der Waals surface area contributed by atoms with Gasteiger partial charge in [0.2, 0.25) is 5.88 Å². The average molecular weight is 392 g/mol. The average Bonchev–Trinajstić information content (AvgIpc) is 3.41. The van der Waals surface area contributed by atoms with Gasteiger partial charge < -0.3 is 9.47 Å². The zero-order valence-corrected chi connectivity index (χ0v) is 15.3. The summed E-state index contributed by atoms with van der Waals surface area (Å²) >= 11 is 0. The van der Waals surface area contributed by atoms with Crippen LogP contribution in [-0.2, 0) is 10.0 Å². The number of sulfonamides is 1. The molecule has 0 bridgehead atoms. The summed E-state index contributed by atoms with van der Waals surface area (Å²) in [6.07, 6.45) is 3.49. The van der Waals surface area contributed by atoms with E-state index in [9.17, 15) is 17.6 Å². The molecule has 9 heteroatoms. The number of halogens is 1. The SMILES string of the molecule is COc1ccc(F)cc1S(=O)(=O)Nc1cnc2c(c1)C(=O)CC1(CC1)CO2. The molecule has 1 aromatic carbocycles. The van der Waals surface area contributed by atoms with Crippen LogP contribution in [0.3, 0.4) is 0 Å². The predicted octanol–water partition coefficient (Wildman–Crippen LogP) is 2.78. The van der Waals surface area contributed by atoms with Crippen LogP contribution in [0.15, 0.2) is 35.4 Å². The fourth-order valence-electron chi connectivity index (χ4n) is 3.10. The zero-order valence-electron chi connectivity index (χ0n) is 14.5. The first-order valence-electron chi connectivity index (χ1n) is 8.34. The number of methoxy groups -OCH3 is 1. The molecule has 0 unspecified atom stereocenters. The minimum absolute atomic E-state index is 0.00158.